The molecule has 0 spiro atoms. The van der Waals surface area contributed by atoms with Crippen LogP contribution in [0.4, 0.5) is 0 Å². The monoisotopic (exact) mass is 361 g/mol. The zero-order chi connectivity index (χ0) is 18.1. The Morgan fingerprint density at radius 1 is 1.04 bits per heavy atom. The van der Waals surface area contributed by atoms with Gasteiger partial charge in [-0.2, -0.15) is 0 Å². The number of likely N-dealkylation sites (tertiary alicyclic amines) is 1. The molecule has 0 bridgehead atoms. The zero-order valence-corrected chi connectivity index (χ0v) is 14.6. The predicted octanol–water partition coefficient (Wildman–Crippen LogP) is 1.80. The van der Waals surface area contributed by atoms with E-state index in [-0.39, 0.29) is 17.9 Å². The van der Waals surface area contributed by atoms with Gasteiger partial charge in [0.1, 0.15) is 13.2 Å². The summed E-state index contributed by atoms with van der Waals surface area (Å²) in [5.74, 6) is 0.0597. The molecule has 0 aromatic heterocycles. The van der Waals surface area contributed by atoms with E-state index >= 15 is 0 Å². The second-order valence-electron chi connectivity index (χ2n) is 7.03. The minimum atomic E-state index is -0.779. The lowest BCUT2D eigenvalue weighted by atomic mass is 9.84. The Kier molecular flexibility index (Phi) is 4.72. The van der Waals surface area contributed by atoms with E-state index in [4.69, 9.17) is 14.2 Å². The second-order valence-corrected chi connectivity index (χ2v) is 7.03. The Labute approximate surface area is 151 Å². The molecule has 1 aromatic carbocycles. The van der Waals surface area contributed by atoms with Gasteiger partial charge in [0.15, 0.2) is 11.5 Å². The van der Waals surface area contributed by atoms with Crippen molar-refractivity contribution >= 4 is 11.9 Å². The molecule has 2 saturated heterocycles. The number of rotatable bonds is 3. The highest BCUT2D eigenvalue weighted by Crippen LogP contribution is 2.36. The van der Waals surface area contributed by atoms with Crippen molar-refractivity contribution in [2.75, 3.05) is 32.9 Å². The maximum atomic E-state index is 12.9. The van der Waals surface area contributed by atoms with Crippen LogP contribution in [0.2, 0.25) is 0 Å². The maximum Gasteiger partial charge on any atom is 0.309 e. The van der Waals surface area contributed by atoms with Gasteiger partial charge < -0.3 is 24.2 Å². The van der Waals surface area contributed by atoms with Gasteiger partial charge >= 0.3 is 5.97 Å². The Bertz CT molecular complexity index is 697. The topological polar surface area (TPSA) is 85.3 Å². The molecule has 3 heterocycles. The van der Waals surface area contributed by atoms with E-state index in [1.165, 1.54) is 0 Å². The fourth-order valence-electron chi connectivity index (χ4n) is 4.18. The molecule has 7 heteroatoms. The molecule has 3 aliphatic heterocycles. The summed E-state index contributed by atoms with van der Waals surface area (Å²) >= 11 is 0. The van der Waals surface area contributed by atoms with Crippen molar-refractivity contribution in [3.8, 4) is 11.5 Å². The molecule has 0 saturated carbocycles. The molecule has 4 rings (SSSR count). The lowest BCUT2D eigenvalue weighted by Crippen LogP contribution is -2.43. The highest BCUT2D eigenvalue weighted by Gasteiger charge is 2.41. The molecular weight excluding hydrogens is 338 g/mol. The van der Waals surface area contributed by atoms with Crippen LogP contribution in [-0.4, -0.2) is 60.9 Å². The van der Waals surface area contributed by atoms with E-state index in [0.717, 1.165) is 12.8 Å². The lowest BCUT2D eigenvalue weighted by Gasteiger charge is -2.36. The smallest absolute Gasteiger partial charge is 0.309 e. The van der Waals surface area contributed by atoms with Crippen LogP contribution < -0.4 is 9.47 Å². The van der Waals surface area contributed by atoms with Gasteiger partial charge in [-0.15, -0.1) is 0 Å². The lowest BCUT2D eigenvalue weighted by molar-refractivity contribution is -0.145. The molecule has 0 aliphatic carbocycles. The molecule has 1 amide bonds. The number of fused-ring (bicyclic) bond motifs is 1. The molecule has 26 heavy (non-hydrogen) atoms. The number of hydrogen-bond donors (Lipinski definition) is 1. The minimum Gasteiger partial charge on any atom is -0.486 e. The van der Waals surface area contributed by atoms with Crippen molar-refractivity contribution in [1.29, 1.82) is 0 Å². The molecule has 7 nitrogen and oxygen atoms in total. The van der Waals surface area contributed by atoms with Crippen molar-refractivity contribution in [1.82, 2.24) is 4.90 Å². The number of para-hydroxylation sites is 1. The number of benzene rings is 1. The van der Waals surface area contributed by atoms with E-state index in [2.05, 4.69) is 0 Å². The third-order valence-electron chi connectivity index (χ3n) is 5.54. The Hall–Kier alpha value is -2.28. The van der Waals surface area contributed by atoms with E-state index in [9.17, 15) is 14.7 Å². The minimum absolute atomic E-state index is 0.0621. The summed E-state index contributed by atoms with van der Waals surface area (Å²) in [4.78, 5) is 26.1. The van der Waals surface area contributed by atoms with Crippen LogP contribution in [0.5, 0.6) is 11.5 Å². The molecule has 2 atom stereocenters. The van der Waals surface area contributed by atoms with Crippen molar-refractivity contribution in [3.63, 3.8) is 0 Å². The summed E-state index contributed by atoms with van der Waals surface area (Å²) in [6.07, 6.45) is 1.86. The van der Waals surface area contributed by atoms with Gasteiger partial charge in [0.25, 0.3) is 5.91 Å². The van der Waals surface area contributed by atoms with Gasteiger partial charge in [-0.1, -0.05) is 6.07 Å². The standard InChI is InChI=1S/C19H23NO6/c21-18(13-2-1-3-15-17(13)26-11-10-24-15)20-7-4-12(5-8-20)16-14(19(22)23)6-9-25-16/h1-3,12,14,16H,4-11H2,(H,22,23)/t14?,16-/m0/s1. The Morgan fingerprint density at radius 3 is 2.58 bits per heavy atom. The number of carboxylic acid groups (broad SMARTS) is 1. The largest absolute Gasteiger partial charge is 0.486 e. The molecule has 1 aromatic rings. The fourth-order valence-corrected chi connectivity index (χ4v) is 4.18. The molecule has 2 fully saturated rings. The average molecular weight is 361 g/mol. The van der Waals surface area contributed by atoms with E-state index in [1.807, 2.05) is 4.90 Å². The van der Waals surface area contributed by atoms with Crippen LogP contribution in [-0.2, 0) is 9.53 Å². The quantitative estimate of drug-likeness (QED) is 0.884. The van der Waals surface area contributed by atoms with Crippen molar-refractivity contribution in [3.05, 3.63) is 23.8 Å². The highest BCUT2D eigenvalue weighted by molar-refractivity contribution is 5.98. The first-order valence-electron chi connectivity index (χ1n) is 9.17. The number of carbonyl (C=O) groups is 2. The predicted molar refractivity (Wildman–Crippen MR) is 91.5 cm³/mol. The van der Waals surface area contributed by atoms with Gasteiger partial charge in [-0.05, 0) is 37.3 Å². The Balaban J connectivity index is 1.42. The summed E-state index contributed by atoms with van der Waals surface area (Å²) in [7, 11) is 0. The number of ether oxygens (including phenoxy) is 3. The van der Waals surface area contributed by atoms with Gasteiger partial charge in [-0.3, -0.25) is 9.59 Å². The van der Waals surface area contributed by atoms with Crippen LogP contribution in [0.25, 0.3) is 0 Å². The second kappa shape index (κ2) is 7.15. The number of aliphatic carboxylic acids is 1. The molecule has 0 radical (unpaired) electrons. The van der Waals surface area contributed by atoms with Crippen LogP contribution in [0.1, 0.15) is 29.6 Å². The summed E-state index contributed by atoms with van der Waals surface area (Å²) in [6, 6.07) is 5.38. The van der Waals surface area contributed by atoms with Gasteiger partial charge in [-0.25, -0.2) is 0 Å². The summed E-state index contributed by atoms with van der Waals surface area (Å²) in [5, 5.41) is 9.35. The van der Waals surface area contributed by atoms with Crippen LogP contribution >= 0.6 is 0 Å². The molecular formula is C19H23NO6. The first-order chi connectivity index (χ1) is 12.6. The van der Waals surface area contributed by atoms with Crippen molar-refractivity contribution in [2.45, 2.75) is 25.4 Å². The fraction of sp³-hybridized carbons (Fsp3) is 0.579. The summed E-state index contributed by atoms with van der Waals surface area (Å²) in [6.45, 7) is 2.63. The number of carboxylic acids is 1. The normalized spacial score (nSPS) is 25.9. The third kappa shape index (κ3) is 3.11. The number of nitrogens with zero attached hydrogens (tertiary/aromatic N) is 1. The number of hydrogen-bond acceptors (Lipinski definition) is 5. The highest BCUT2D eigenvalue weighted by atomic mass is 16.6. The van der Waals surface area contributed by atoms with Gasteiger partial charge in [0, 0.05) is 19.7 Å². The van der Waals surface area contributed by atoms with Crippen LogP contribution in [0, 0.1) is 11.8 Å². The Morgan fingerprint density at radius 2 is 1.81 bits per heavy atom. The van der Waals surface area contributed by atoms with Crippen molar-refractivity contribution in [2.24, 2.45) is 11.8 Å². The van der Waals surface area contributed by atoms with Crippen LogP contribution in [0.3, 0.4) is 0 Å². The van der Waals surface area contributed by atoms with Crippen LogP contribution in [0.15, 0.2) is 18.2 Å². The van der Waals surface area contributed by atoms with Gasteiger partial charge in [0.05, 0.1) is 17.6 Å². The third-order valence-corrected chi connectivity index (χ3v) is 5.54. The number of piperidine rings is 1. The average Bonchev–Trinajstić information content (AvgIpc) is 3.17. The van der Waals surface area contributed by atoms with E-state index in [1.54, 1.807) is 18.2 Å². The van der Waals surface area contributed by atoms with E-state index < -0.39 is 11.9 Å². The molecule has 3 aliphatic rings. The maximum absolute atomic E-state index is 12.9. The molecule has 1 N–H and O–H groups in total. The summed E-state index contributed by atoms with van der Waals surface area (Å²) in [5.41, 5.74) is 0.529. The first kappa shape index (κ1) is 17.1. The summed E-state index contributed by atoms with van der Waals surface area (Å²) < 4.78 is 16.9. The SMILES string of the molecule is O=C(O)C1CCO[C@H]1C1CCN(C(=O)c2cccc3c2OCCO3)CC1. The molecule has 140 valence electrons. The number of carbonyl (C=O) groups excluding carboxylic acids is 1. The molecule has 1 unspecified atom stereocenters. The van der Waals surface area contributed by atoms with E-state index in [0.29, 0.717) is 56.4 Å². The number of amides is 1. The van der Waals surface area contributed by atoms with Crippen molar-refractivity contribution < 1.29 is 28.9 Å². The van der Waals surface area contributed by atoms with Gasteiger partial charge in [0.2, 0.25) is 0 Å². The first-order valence-corrected chi connectivity index (χ1v) is 9.17. The zero-order valence-electron chi connectivity index (χ0n) is 14.6.